The topological polar surface area (TPSA) is 111 Å². The van der Waals surface area contributed by atoms with Crippen LogP contribution in [-0.4, -0.2) is 35.9 Å². The molecule has 1 aromatic carbocycles. The number of Topliss-reactive ketones (excluding diaryl/α,β-unsaturated/α-hetero) is 1. The monoisotopic (exact) mass is 266 g/mol. The van der Waals surface area contributed by atoms with Crippen LogP contribution in [0.1, 0.15) is 15.9 Å². The molecule has 0 bridgehead atoms. The zero-order valence-corrected chi connectivity index (χ0v) is 10.2. The summed E-state index contributed by atoms with van der Waals surface area (Å²) in [5, 5.41) is 0. The van der Waals surface area contributed by atoms with E-state index in [9.17, 15) is 18.1 Å². The molecule has 0 fully saturated rings. The summed E-state index contributed by atoms with van der Waals surface area (Å²) in [5.74, 6) is -0.576. The first kappa shape index (κ1) is 12.5. The van der Waals surface area contributed by atoms with Crippen molar-refractivity contribution in [3.63, 3.8) is 0 Å². The van der Waals surface area contributed by atoms with Crippen molar-refractivity contribution < 1.29 is 22.9 Å². The Morgan fingerprint density at radius 3 is 2.28 bits per heavy atom. The highest BCUT2D eigenvalue weighted by molar-refractivity contribution is 8.17. The van der Waals surface area contributed by atoms with Gasteiger partial charge in [-0.1, -0.05) is 24.3 Å². The highest BCUT2D eigenvalue weighted by atomic mass is 32.3. The number of ketones is 1. The molecule has 0 saturated carbocycles. The third-order valence-corrected chi connectivity index (χ3v) is 3.90. The number of benzene rings is 1. The van der Waals surface area contributed by atoms with Crippen molar-refractivity contribution in [3.05, 3.63) is 47.0 Å². The van der Waals surface area contributed by atoms with Gasteiger partial charge in [0.05, 0.1) is 11.0 Å². The summed E-state index contributed by atoms with van der Waals surface area (Å²) in [6.45, 7) is 0. The van der Waals surface area contributed by atoms with Crippen LogP contribution in [-0.2, 0) is 9.63 Å². The second-order valence-corrected chi connectivity index (χ2v) is 7.01. The number of fused-ring (bicyclic) bond motifs is 1. The molecule has 2 rings (SSSR count). The maximum Gasteiger partial charge on any atom is 0.364 e. The van der Waals surface area contributed by atoms with E-state index in [2.05, 4.69) is 4.79 Å². The standard InChI is InChI=1S/C11H10N2O4S/c1-18(15,16,17)10-6-9(13-12)11(14)8-5-3-2-4-7(8)10/h2-6H,1H3,(H2,15,16,17). The Balaban J connectivity index is 2.87. The highest BCUT2D eigenvalue weighted by Gasteiger charge is 2.39. The lowest BCUT2D eigenvalue weighted by atomic mass is 9.95. The minimum atomic E-state index is -5.04. The van der Waals surface area contributed by atoms with Crippen molar-refractivity contribution in [2.45, 2.75) is 0 Å². The molecule has 1 aliphatic rings. The molecule has 1 aromatic rings. The van der Waals surface area contributed by atoms with E-state index in [4.69, 9.17) is 5.53 Å². The maximum atomic E-state index is 11.9. The number of hydrogen-bond acceptors (Lipinski definition) is 2. The third-order valence-electron chi connectivity index (χ3n) is 2.55. The summed E-state index contributed by atoms with van der Waals surface area (Å²) < 4.78 is 31.2. The quantitative estimate of drug-likeness (QED) is 0.589. The molecule has 0 saturated heterocycles. The Morgan fingerprint density at radius 2 is 1.78 bits per heavy atom. The van der Waals surface area contributed by atoms with Gasteiger partial charge >= 0.3 is 5.71 Å². The zero-order valence-electron chi connectivity index (χ0n) is 9.40. The summed E-state index contributed by atoms with van der Waals surface area (Å²) in [6, 6.07) is 6.00. The van der Waals surface area contributed by atoms with Gasteiger partial charge in [-0.3, -0.25) is 4.79 Å². The maximum absolute atomic E-state index is 11.9. The molecule has 0 amide bonds. The van der Waals surface area contributed by atoms with Gasteiger partial charge < -0.3 is 14.6 Å². The van der Waals surface area contributed by atoms with Crippen LogP contribution in [0.5, 0.6) is 0 Å². The molecule has 94 valence electrons. The Kier molecular flexibility index (Phi) is 2.46. The summed E-state index contributed by atoms with van der Waals surface area (Å²) in [5.41, 5.74) is 8.58. The first-order valence-electron chi connectivity index (χ1n) is 4.93. The van der Waals surface area contributed by atoms with E-state index < -0.39 is 21.1 Å². The summed E-state index contributed by atoms with van der Waals surface area (Å²) in [7, 11) is -5.04. The van der Waals surface area contributed by atoms with Gasteiger partial charge in [-0.2, -0.15) is 4.79 Å². The molecule has 18 heavy (non-hydrogen) atoms. The molecule has 2 N–H and O–H groups in total. The largest absolute Gasteiger partial charge is 0.364 e. The van der Waals surface area contributed by atoms with Gasteiger partial charge in [-0.25, -0.2) is 4.21 Å². The first-order chi connectivity index (χ1) is 8.21. The predicted molar refractivity (Wildman–Crippen MR) is 66.7 cm³/mol. The number of allylic oxidation sites excluding steroid dienone is 1. The van der Waals surface area contributed by atoms with Gasteiger partial charge in [0.25, 0.3) is 5.78 Å². The van der Waals surface area contributed by atoms with Crippen LogP contribution < -0.4 is 0 Å². The van der Waals surface area contributed by atoms with Crippen LogP contribution in [0.25, 0.3) is 10.4 Å². The number of hydrogen-bond donors (Lipinski definition) is 2. The smallest absolute Gasteiger partial charge is 0.361 e. The Hall–Kier alpha value is -1.92. The zero-order chi connectivity index (χ0) is 13.6. The van der Waals surface area contributed by atoms with Crippen LogP contribution in [0, 0.1) is 0 Å². The minimum Gasteiger partial charge on any atom is -0.361 e. The molecule has 1 aliphatic carbocycles. The van der Waals surface area contributed by atoms with Gasteiger partial charge in [0.1, 0.15) is 9.63 Å². The van der Waals surface area contributed by atoms with Crippen LogP contribution in [0.4, 0.5) is 0 Å². The van der Waals surface area contributed by atoms with Crippen LogP contribution in [0.15, 0.2) is 30.3 Å². The van der Waals surface area contributed by atoms with E-state index in [1.54, 1.807) is 12.1 Å². The van der Waals surface area contributed by atoms with Crippen LogP contribution in [0.2, 0.25) is 0 Å². The van der Waals surface area contributed by atoms with Gasteiger partial charge in [0, 0.05) is 17.4 Å². The fourth-order valence-electron chi connectivity index (χ4n) is 1.76. The van der Waals surface area contributed by atoms with Crippen LogP contribution in [0.3, 0.4) is 0 Å². The Bertz CT molecular complexity index is 696. The van der Waals surface area contributed by atoms with Crippen molar-refractivity contribution in [2.24, 2.45) is 0 Å². The second kappa shape index (κ2) is 3.54. The average molecular weight is 266 g/mol. The number of rotatable bonds is 1. The molecule has 0 spiro atoms. The fourth-order valence-corrected chi connectivity index (χ4v) is 2.83. The fraction of sp³-hybridized carbons (Fsp3) is 0.0909. The van der Waals surface area contributed by atoms with E-state index in [-0.39, 0.29) is 16.0 Å². The van der Waals surface area contributed by atoms with Crippen molar-refractivity contribution in [3.8, 4) is 0 Å². The molecule has 0 unspecified atom stereocenters. The van der Waals surface area contributed by atoms with Gasteiger partial charge in [-0.05, 0) is 0 Å². The van der Waals surface area contributed by atoms with Crippen LogP contribution >= 0.6 is 0 Å². The lowest BCUT2D eigenvalue weighted by Crippen LogP contribution is -2.34. The normalized spacial score (nSPS) is 17.3. The Morgan fingerprint density at radius 1 is 1.22 bits per heavy atom. The van der Waals surface area contributed by atoms with E-state index in [1.807, 2.05) is 0 Å². The lowest BCUT2D eigenvalue weighted by Gasteiger charge is -2.30. The van der Waals surface area contributed by atoms with E-state index in [1.165, 1.54) is 12.1 Å². The summed E-state index contributed by atoms with van der Waals surface area (Å²) in [6.07, 6.45) is 1.67. The summed E-state index contributed by atoms with van der Waals surface area (Å²) >= 11 is 0. The molecule has 0 radical (unpaired) electrons. The van der Waals surface area contributed by atoms with E-state index >= 15 is 0 Å². The van der Waals surface area contributed by atoms with Gasteiger partial charge in [0.15, 0.2) is 0 Å². The highest BCUT2D eigenvalue weighted by Crippen LogP contribution is 2.37. The third kappa shape index (κ3) is 1.96. The van der Waals surface area contributed by atoms with Crippen molar-refractivity contribution in [2.75, 3.05) is 6.26 Å². The summed E-state index contributed by atoms with van der Waals surface area (Å²) in [4.78, 5) is 14.3. The Labute approximate surface area is 103 Å². The average Bonchev–Trinajstić information content (AvgIpc) is 2.27. The van der Waals surface area contributed by atoms with Crippen molar-refractivity contribution in [1.82, 2.24) is 0 Å². The first-order valence-corrected chi connectivity index (χ1v) is 7.21. The molecule has 0 aliphatic heterocycles. The number of carbonyl (C=O) groups is 1. The molecular formula is C11H10N2O4S. The number of nitrogens with zero attached hydrogens (tertiary/aromatic N) is 2. The molecule has 0 aromatic heterocycles. The van der Waals surface area contributed by atoms with Crippen molar-refractivity contribution in [1.29, 1.82) is 0 Å². The molecule has 0 heterocycles. The van der Waals surface area contributed by atoms with Crippen molar-refractivity contribution >= 4 is 26.0 Å². The molecule has 6 nitrogen and oxygen atoms in total. The predicted octanol–water partition coefficient (Wildman–Crippen LogP) is 1.29. The lowest BCUT2D eigenvalue weighted by molar-refractivity contribution is -0.00438. The molecule has 7 heteroatoms. The van der Waals surface area contributed by atoms with Gasteiger partial charge in [-0.15, -0.1) is 0 Å². The van der Waals surface area contributed by atoms with E-state index in [0.717, 1.165) is 12.3 Å². The second-order valence-electron chi connectivity index (χ2n) is 4.10. The number of carbonyl (C=O) groups excluding carboxylic acids is 1. The van der Waals surface area contributed by atoms with E-state index in [0.29, 0.717) is 0 Å². The molecule has 0 atom stereocenters. The van der Waals surface area contributed by atoms with Gasteiger partial charge in [0.2, 0.25) is 0 Å². The SMILES string of the molecule is CS(=O)(O)(O)C1=CC(=[N+]=[N-])C(=O)c2ccccc21. The molecular weight excluding hydrogens is 256 g/mol. The minimum absolute atomic E-state index is 0.103.